The van der Waals surface area contributed by atoms with Crippen LogP contribution in [0.5, 0.6) is 0 Å². The molecule has 1 atom stereocenters. The number of rotatable bonds is 7. The molecular formula is C12H22N2O3S. The van der Waals surface area contributed by atoms with Gasteiger partial charge in [-0.05, 0) is 38.2 Å². The maximum absolute atomic E-state index is 12.2. The Labute approximate surface area is 113 Å². The predicted octanol–water partition coefficient (Wildman–Crippen LogP) is 1.73. The summed E-state index contributed by atoms with van der Waals surface area (Å²) in [5.74, 6) is 0.0571. The van der Waals surface area contributed by atoms with Crippen molar-refractivity contribution in [1.82, 2.24) is 9.80 Å². The Morgan fingerprint density at radius 1 is 1.44 bits per heavy atom. The molecule has 18 heavy (non-hydrogen) atoms. The van der Waals surface area contributed by atoms with Gasteiger partial charge < -0.3 is 14.9 Å². The van der Waals surface area contributed by atoms with E-state index in [1.165, 1.54) is 4.90 Å². The second-order valence-corrected chi connectivity index (χ2v) is 5.76. The number of carboxylic acid groups (broad SMARTS) is 1. The summed E-state index contributed by atoms with van der Waals surface area (Å²) in [5, 5.41) is 8.86. The van der Waals surface area contributed by atoms with E-state index in [0.717, 1.165) is 25.0 Å². The summed E-state index contributed by atoms with van der Waals surface area (Å²) in [4.78, 5) is 26.2. The SMILES string of the molecule is CSCCC(C)N(C)C(=O)N(CC(=O)O)C1CC1. The zero-order valence-electron chi connectivity index (χ0n) is 11.3. The normalized spacial score (nSPS) is 16.2. The smallest absolute Gasteiger partial charge is 0.323 e. The molecule has 1 saturated carbocycles. The molecule has 1 N–H and O–H groups in total. The molecule has 6 heteroatoms. The zero-order chi connectivity index (χ0) is 13.7. The second kappa shape index (κ2) is 6.87. The molecule has 2 amide bonds. The Morgan fingerprint density at radius 3 is 2.50 bits per heavy atom. The molecule has 1 rings (SSSR count). The molecule has 1 fully saturated rings. The van der Waals surface area contributed by atoms with E-state index in [1.54, 1.807) is 23.7 Å². The van der Waals surface area contributed by atoms with Crippen molar-refractivity contribution in [3.8, 4) is 0 Å². The molecule has 0 heterocycles. The first-order valence-electron chi connectivity index (χ1n) is 6.21. The lowest BCUT2D eigenvalue weighted by Gasteiger charge is -2.31. The van der Waals surface area contributed by atoms with Crippen molar-refractivity contribution in [2.24, 2.45) is 0 Å². The molecule has 1 aliphatic carbocycles. The number of carbonyl (C=O) groups excluding carboxylic acids is 1. The maximum Gasteiger partial charge on any atom is 0.323 e. The van der Waals surface area contributed by atoms with Gasteiger partial charge >= 0.3 is 12.0 Å². The summed E-state index contributed by atoms with van der Waals surface area (Å²) in [6.07, 6.45) is 4.81. The summed E-state index contributed by atoms with van der Waals surface area (Å²) in [5.41, 5.74) is 0. The standard InChI is InChI=1S/C12H22N2O3S/c1-9(6-7-18-3)13(2)12(17)14(8-11(15)16)10-4-5-10/h9-10H,4-8H2,1-3H3,(H,15,16). The van der Waals surface area contributed by atoms with Crippen LogP contribution in [0.4, 0.5) is 4.79 Å². The lowest BCUT2D eigenvalue weighted by molar-refractivity contribution is -0.137. The number of aliphatic carboxylic acids is 1. The first-order valence-corrected chi connectivity index (χ1v) is 7.61. The van der Waals surface area contributed by atoms with Crippen molar-refractivity contribution in [2.45, 2.75) is 38.3 Å². The van der Waals surface area contributed by atoms with E-state index in [4.69, 9.17) is 5.11 Å². The summed E-state index contributed by atoms with van der Waals surface area (Å²) < 4.78 is 0. The minimum atomic E-state index is -0.944. The van der Waals surface area contributed by atoms with Gasteiger partial charge in [-0.1, -0.05) is 0 Å². The van der Waals surface area contributed by atoms with E-state index in [1.807, 2.05) is 13.2 Å². The number of hydrogen-bond acceptors (Lipinski definition) is 3. The summed E-state index contributed by atoms with van der Waals surface area (Å²) in [6, 6.07) is 0.109. The molecule has 1 unspecified atom stereocenters. The van der Waals surface area contributed by atoms with Gasteiger partial charge in [-0.3, -0.25) is 4.79 Å². The number of carboxylic acids is 1. The fourth-order valence-corrected chi connectivity index (χ4v) is 2.33. The second-order valence-electron chi connectivity index (χ2n) is 4.78. The highest BCUT2D eigenvalue weighted by atomic mass is 32.2. The highest BCUT2D eigenvalue weighted by Crippen LogP contribution is 2.27. The topological polar surface area (TPSA) is 60.9 Å². The first-order chi connectivity index (χ1) is 8.47. The van der Waals surface area contributed by atoms with Crippen LogP contribution in [0, 0.1) is 0 Å². The van der Waals surface area contributed by atoms with Gasteiger partial charge in [-0.15, -0.1) is 0 Å². The number of nitrogens with zero attached hydrogens (tertiary/aromatic N) is 2. The average Bonchev–Trinajstić information content (AvgIpc) is 3.15. The van der Waals surface area contributed by atoms with Crippen LogP contribution in [0.15, 0.2) is 0 Å². The Morgan fingerprint density at radius 2 is 2.06 bits per heavy atom. The van der Waals surface area contributed by atoms with Gasteiger partial charge in [0, 0.05) is 19.1 Å². The number of carbonyl (C=O) groups is 2. The van der Waals surface area contributed by atoms with E-state index < -0.39 is 5.97 Å². The third kappa shape index (κ3) is 4.40. The molecule has 1 aliphatic rings. The van der Waals surface area contributed by atoms with Gasteiger partial charge in [0.05, 0.1) is 0 Å². The molecule has 0 radical (unpaired) electrons. The van der Waals surface area contributed by atoms with Crippen molar-refractivity contribution < 1.29 is 14.7 Å². The van der Waals surface area contributed by atoms with Crippen molar-refractivity contribution in [2.75, 3.05) is 25.6 Å². The minimum absolute atomic E-state index is 0.129. The molecule has 0 saturated heterocycles. The quantitative estimate of drug-likeness (QED) is 0.768. The average molecular weight is 274 g/mol. The fraction of sp³-hybridized carbons (Fsp3) is 0.833. The Balaban J connectivity index is 2.55. The first kappa shape index (κ1) is 15.1. The van der Waals surface area contributed by atoms with Gasteiger partial charge in [0.25, 0.3) is 0 Å². The third-order valence-electron chi connectivity index (χ3n) is 3.24. The van der Waals surface area contributed by atoms with Gasteiger partial charge in [0.2, 0.25) is 0 Å². The van der Waals surface area contributed by atoms with Crippen LogP contribution < -0.4 is 0 Å². The summed E-state index contributed by atoms with van der Waals surface area (Å²) in [7, 11) is 1.75. The van der Waals surface area contributed by atoms with E-state index in [9.17, 15) is 9.59 Å². The van der Waals surface area contributed by atoms with Gasteiger partial charge in [-0.25, -0.2) is 4.79 Å². The number of hydrogen-bond donors (Lipinski definition) is 1. The Kier molecular flexibility index (Phi) is 5.78. The van der Waals surface area contributed by atoms with Crippen LogP contribution in [-0.4, -0.2) is 64.6 Å². The zero-order valence-corrected chi connectivity index (χ0v) is 12.1. The van der Waals surface area contributed by atoms with Crippen LogP contribution in [0.25, 0.3) is 0 Å². The molecule has 0 bridgehead atoms. The molecule has 104 valence electrons. The number of thioether (sulfide) groups is 1. The van der Waals surface area contributed by atoms with E-state index in [0.29, 0.717) is 0 Å². The maximum atomic E-state index is 12.2. The summed E-state index contributed by atoms with van der Waals surface area (Å²) >= 11 is 1.75. The van der Waals surface area contributed by atoms with E-state index in [-0.39, 0.29) is 24.7 Å². The van der Waals surface area contributed by atoms with Crippen LogP contribution >= 0.6 is 11.8 Å². The van der Waals surface area contributed by atoms with Gasteiger partial charge in [0.1, 0.15) is 6.54 Å². The third-order valence-corrected chi connectivity index (χ3v) is 3.89. The Bertz CT molecular complexity index is 308. The lowest BCUT2D eigenvalue weighted by atomic mass is 10.2. The van der Waals surface area contributed by atoms with Crippen molar-refractivity contribution in [3.63, 3.8) is 0 Å². The van der Waals surface area contributed by atoms with Gasteiger partial charge in [0.15, 0.2) is 0 Å². The summed E-state index contributed by atoms with van der Waals surface area (Å²) in [6.45, 7) is 1.81. The van der Waals surface area contributed by atoms with E-state index in [2.05, 4.69) is 0 Å². The minimum Gasteiger partial charge on any atom is -0.480 e. The molecule has 5 nitrogen and oxygen atoms in total. The highest BCUT2D eigenvalue weighted by Gasteiger charge is 2.36. The lowest BCUT2D eigenvalue weighted by Crippen LogP contribution is -2.48. The van der Waals surface area contributed by atoms with Crippen LogP contribution in [0.1, 0.15) is 26.2 Å². The van der Waals surface area contributed by atoms with E-state index >= 15 is 0 Å². The van der Waals surface area contributed by atoms with Crippen molar-refractivity contribution in [3.05, 3.63) is 0 Å². The number of urea groups is 1. The fourth-order valence-electron chi connectivity index (χ4n) is 1.76. The molecule has 0 spiro atoms. The molecule has 0 aromatic carbocycles. The molecule has 0 aromatic rings. The highest BCUT2D eigenvalue weighted by molar-refractivity contribution is 7.98. The molecule has 0 aromatic heterocycles. The molecular weight excluding hydrogens is 252 g/mol. The van der Waals surface area contributed by atoms with Crippen LogP contribution in [-0.2, 0) is 4.79 Å². The predicted molar refractivity (Wildman–Crippen MR) is 73.0 cm³/mol. The Hall–Kier alpha value is -0.910. The van der Waals surface area contributed by atoms with Gasteiger partial charge in [-0.2, -0.15) is 11.8 Å². The van der Waals surface area contributed by atoms with Crippen LogP contribution in [0.2, 0.25) is 0 Å². The number of amides is 2. The monoisotopic (exact) mass is 274 g/mol. The van der Waals surface area contributed by atoms with Crippen LogP contribution in [0.3, 0.4) is 0 Å². The molecule has 0 aliphatic heterocycles. The van der Waals surface area contributed by atoms with Crippen molar-refractivity contribution in [1.29, 1.82) is 0 Å². The largest absolute Gasteiger partial charge is 0.480 e. The van der Waals surface area contributed by atoms with Crippen molar-refractivity contribution >= 4 is 23.8 Å².